The van der Waals surface area contributed by atoms with E-state index in [-0.39, 0.29) is 12.5 Å². The van der Waals surface area contributed by atoms with Gasteiger partial charge in [0.25, 0.3) is 0 Å². The minimum Gasteiger partial charge on any atom is -0.497 e. The zero-order valence-corrected chi connectivity index (χ0v) is 21.8. The molecule has 1 atom stereocenters. The number of nitrogens with two attached hydrogens (primary N) is 2. The van der Waals surface area contributed by atoms with Crippen LogP contribution in [0.5, 0.6) is 23.0 Å². The van der Waals surface area contributed by atoms with Gasteiger partial charge in [-0.15, -0.1) is 0 Å². The van der Waals surface area contributed by atoms with Gasteiger partial charge in [-0.3, -0.25) is 0 Å². The molecule has 10 nitrogen and oxygen atoms in total. The van der Waals surface area contributed by atoms with Crippen molar-refractivity contribution in [2.75, 3.05) is 35.0 Å². The summed E-state index contributed by atoms with van der Waals surface area (Å²) in [6.07, 6.45) is 5.29. The molecule has 0 bridgehead atoms. The molecule has 37 heavy (non-hydrogen) atoms. The van der Waals surface area contributed by atoms with Crippen molar-refractivity contribution >= 4 is 12.0 Å². The van der Waals surface area contributed by atoms with Gasteiger partial charge in [-0.2, -0.15) is 0 Å². The fourth-order valence-electron chi connectivity index (χ4n) is 4.04. The summed E-state index contributed by atoms with van der Waals surface area (Å²) in [5.74, 6) is 7.46. The Kier molecular flexibility index (Phi) is 11.6. The number of ether oxygens (including phenoxy) is 4. The minimum absolute atomic E-state index is 0.0481. The van der Waals surface area contributed by atoms with E-state index in [1.165, 1.54) is 27.4 Å². The third kappa shape index (κ3) is 8.33. The predicted octanol–water partition coefficient (Wildman–Crippen LogP) is 3.14. The summed E-state index contributed by atoms with van der Waals surface area (Å²) in [5, 5.41) is 19.7. The van der Waals surface area contributed by atoms with Crippen LogP contribution in [0.3, 0.4) is 0 Å². The summed E-state index contributed by atoms with van der Waals surface area (Å²) in [4.78, 5) is 10.4. The average molecular weight is 516 g/mol. The lowest BCUT2D eigenvalue weighted by molar-refractivity contribution is -0.131. The van der Waals surface area contributed by atoms with Crippen molar-refractivity contribution in [3.8, 4) is 23.0 Å². The van der Waals surface area contributed by atoms with E-state index in [0.29, 0.717) is 29.4 Å². The number of allylic oxidation sites excluding steroid dienone is 1. The molecule has 202 valence electrons. The van der Waals surface area contributed by atoms with Crippen LogP contribution in [-0.4, -0.2) is 56.2 Å². The maximum absolute atomic E-state index is 10.4. The minimum atomic E-state index is -1.02. The van der Waals surface area contributed by atoms with Crippen molar-refractivity contribution in [2.24, 2.45) is 17.5 Å². The second kappa shape index (κ2) is 14.6. The topological polar surface area (TPSA) is 150 Å². The van der Waals surface area contributed by atoms with Crippen molar-refractivity contribution in [3.05, 3.63) is 65.0 Å². The number of benzene rings is 2. The van der Waals surface area contributed by atoms with Crippen LogP contribution in [0.4, 0.5) is 0 Å². The first kappa shape index (κ1) is 29.3. The lowest BCUT2D eigenvalue weighted by atomic mass is 9.90. The highest BCUT2D eigenvalue weighted by Gasteiger charge is 2.24. The van der Waals surface area contributed by atoms with E-state index >= 15 is 0 Å². The van der Waals surface area contributed by atoms with Gasteiger partial charge < -0.3 is 39.9 Å². The molecule has 0 aromatic heterocycles. The number of carboxylic acids is 1. The molecule has 10 heteroatoms. The van der Waals surface area contributed by atoms with Gasteiger partial charge in [0, 0.05) is 17.7 Å². The molecule has 1 unspecified atom stereocenters. The average Bonchev–Trinajstić information content (AvgIpc) is 2.91. The number of aliphatic hydroxyl groups is 1. The van der Waals surface area contributed by atoms with E-state index < -0.39 is 5.97 Å². The third-order valence-corrected chi connectivity index (χ3v) is 5.86. The summed E-state index contributed by atoms with van der Waals surface area (Å²) in [7, 11) is 6.15. The molecule has 2 aromatic rings. The lowest BCUT2D eigenvalue weighted by Gasteiger charge is -2.32. The molecular weight excluding hydrogens is 478 g/mol. The quantitative estimate of drug-likeness (QED) is 0.211. The van der Waals surface area contributed by atoms with Crippen molar-refractivity contribution in [1.29, 1.82) is 0 Å². The summed E-state index contributed by atoms with van der Waals surface area (Å²) >= 11 is 0. The van der Waals surface area contributed by atoms with Crippen LogP contribution < -0.4 is 30.5 Å². The van der Waals surface area contributed by atoms with Gasteiger partial charge >= 0.3 is 5.97 Å². The Morgan fingerprint density at radius 1 is 1.05 bits per heavy atom. The number of nitrogens with zero attached hydrogens (tertiary/aromatic N) is 1. The number of hydrogen-bond donors (Lipinski definition) is 4. The molecule has 0 aliphatic heterocycles. The van der Waals surface area contributed by atoms with Crippen LogP contribution in [0.15, 0.2) is 53.9 Å². The molecular formula is C27H37N3O7. The molecule has 0 amide bonds. The number of hydrogen-bond acceptors (Lipinski definition) is 9. The van der Waals surface area contributed by atoms with Gasteiger partial charge in [-0.25, -0.2) is 10.6 Å². The van der Waals surface area contributed by atoms with Crippen molar-refractivity contribution in [1.82, 2.24) is 5.01 Å². The molecule has 6 N–H and O–H groups in total. The second-order valence-corrected chi connectivity index (χ2v) is 8.29. The van der Waals surface area contributed by atoms with Crippen LogP contribution in [0.2, 0.25) is 0 Å². The van der Waals surface area contributed by atoms with E-state index in [4.69, 9.17) is 35.6 Å². The maximum atomic E-state index is 10.4. The van der Waals surface area contributed by atoms with Gasteiger partial charge in [0.1, 0.15) is 5.75 Å². The molecule has 0 spiro atoms. The first-order valence-corrected chi connectivity index (χ1v) is 11.7. The van der Waals surface area contributed by atoms with E-state index in [1.54, 1.807) is 24.3 Å². The van der Waals surface area contributed by atoms with Crippen molar-refractivity contribution in [3.63, 3.8) is 0 Å². The van der Waals surface area contributed by atoms with E-state index in [9.17, 15) is 9.90 Å². The van der Waals surface area contributed by atoms with Gasteiger partial charge in [-0.05, 0) is 60.7 Å². The molecule has 0 radical (unpaired) electrons. The largest absolute Gasteiger partial charge is 0.497 e. The first-order chi connectivity index (χ1) is 17.8. The Morgan fingerprint density at radius 2 is 1.68 bits per heavy atom. The SMILES string of the molecule is COc1cc(/C=C/C(=O)O)cc(OC)c1OC.COc1ccc(CN(N)C2=C(N)CCCC2CO)cc1. The van der Waals surface area contributed by atoms with E-state index in [2.05, 4.69) is 0 Å². The van der Waals surface area contributed by atoms with E-state index in [0.717, 1.165) is 48.0 Å². The van der Waals surface area contributed by atoms with Gasteiger partial charge in [0.2, 0.25) is 5.75 Å². The zero-order chi connectivity index (χ0) is 27.4. The summed E-state index contributed by atoms with van der Waals surface area (Å²) in [6, 6.07) is 11.1. The highest BCUT2D eigenvalue weighted by molar-refractivity contribution is 5.85. The second-order valence-electron chi connectivity index (χ2n) is 8.29. The molecule has 1 aliphatic rings. The Hall–Kier alpha value is -3.89. The third-order valence-electron chi connectivity index (χ3n) is 5.86. The fourth-order valence-corrected chi connectivity index (χ4v) is 4.04. The first-order valence-electron chi connectivity index (χ1n) is 11.7. The van der Waals surface area contributed by atoms with Gasteiger partial charge in [0.15, 0.2) is 11.5 Å². The number of methoxy groups -OCH3 is 4. The number of aliphatic hydroxyl groups excluding tert-OH is 1. The van der Waals surface area contributed by atoms with Crippen LogP contribution >= 0.6 is 0 Å². The number of carboxylic acid groups (broad SMARTS) is 1. The van der Waals surface area contributed by atoms with Crippen LogP contribution in [0.25, 0.3) is 6.08 Å². The molecule has 3 rings (SSSR count). The van der Waals surface area contributed by atoms with E-state index in [1.807, 2.05) is 24.3 Å². The van der Waals surface area contributed by atoms with Crippen LogP contribution in [-0.2, 0) is 11.3 Å². The highest BCUT2D eigenvalue weighted by Crippen LogP contribution is 2.38. The Bertz CT molecular complexity index is 1060. The monoisotopic (exact) mass is 515 g/mol. The smallest absolute Gasteiger partial charge is 0.328 e. The Balaban J connectivity index is 0.000000264. The molecule has 0 fully saturated rings. The van der Waals surface area contributed by atoms with Crippen LogP contribution in [0, 0.1) is 5.92 Å². The zero-order valence-electron chi connectivity index (χ0n) is 21.8. The normalized spacial score (nSPS) is 15.0. The molecule has 1 aliphatic carbocycles. The number of aliphatic carboxylic acids is 1. The molecule has 0 saturated carbocycles. The number of carbonyl (C=O) groups is 1. The van der Waals surface area contributed by atoms with Crippen molar-refractivity contribution in [2.45, 2.75) is 25.8 Å². The van der Waals surface area contributed by atoms with Gasteiger partial charge in [0.05, 0.1) is 47.3 Å². The van der Waals surface area contributed by atoms with Gasteiger partial charge in [-0.1, -0.05) is 12.1 Å². The van der Waals surface area contributed by atoms with Crippen molar-refractivity contribution < 1.29 is 34.0 Å². The Morgan fingerprint density at radius 3 is 2.16 bits per heavy atom. The standard InChI is InChI=1S/C15H23N3O2.C12H14O5/c1-20-13-7-5-11(6-8-13)9-18(17)15-12(10-19)3-2-4-14(15)16;1-15-9-6-8(4-5-11(13)14)7-10(16-2)12(9)17-3/h5-8,12,19H,2-4,9-10,16-17H2,1H3;4-7H,1-3H3,(H,13,14)/b;5-4+. The predicted molar refractivity (Wildman–Crippen MR) is 141 cm³/mol. The lowest BCUT2D eigenvalue weighted by Crippen LogP contribution is -2.38. The summed E-state index contributed by atoms with van der Waals surface area (Å²) in [5.41, 5.74) is 9.49. The highest BCUT2D eigenvalue weighted by atomic mass is 16.5. The number of rotatable bonds is 10. The fraction of sp³-hybridized carbons (Fsp3) is 0.370. The summed E-state index contributed by atoms with van der Waals surface area (Å²) < 4.78 is 20.6. The molecule has 0 saturated heterocycles. The maximum Gasteiger partial charge on any atom is 0.328 e. The Labute approximate surface area is 217 Å². The number of hydrazine groups is 1. The molecule has 0 heterocycles. The molecule has 2 aromatic carbocycles. The summed E-state index contributed by atoms with van der Waals surface area (Å²) in [6.45, 7) is 0.656. The van der Waals surface area contributed by atoms with Crippen LogP contribution in [0.1, 0.15) is 30.4 Å².